The van der Waals surface area contributed by atoms with Crippen molar-refractivity contribution < 1.29 is 9.53 Å². The first-order chi connectivity index (χ1) is 8.15. The molecule has 1 aromatic carbocycles. The van der Waals surface area contributed by atoms with E-state index < -0.39 is 0 Å². The summed E-state index contributed by atoms with van der Waals surface area (Å²) in [6, 6.07) is 5.55. The summed E-state index contributed by atoms with van der Waals surface area (Å²) in [6.45, 7) is 1.84. The van der Waals surface area contributed by atoms with E-state index >= 15 is 0 Å². The van der Waals surface area contributed by atoms with Gasteiger partial charge in [0.2, 0.25) is 5.91 Å². The zero-order valence-corrected chi connectivity index (χ0v) is 9.72. The largest absolute Gasteiger partial charge is 0.489 e. The van der Waals surface area contributed by atoms with Crippen LogP contribution in [0.2, 0.25) is 0 Å². The van der Waals surface area contributed by atoms with Gasteiger partial charge in [0.15, 0.2) is 0 Å². The molecule has 2 N–H and O–H groups in total. The number of likely N-dealkylation sites (N-methyl/N-ethyl adjacent to an activating group) is 1. The molecule has 2 heterocycles. The fourth-order valence-electron chi connectivity index (χ4n) is 2.51. The Hall–Kier alpha value is -1.75. The minimum absolute atomic E-state index is 0.109. The number of hydrogen-bond donors (Lipinski definition) is 1. The lowest BCUT2D eigenvalue weighted by Crippen LogP contribution is -2.59. The van der Waals surface area contributed by atoms with Gasteiger partial charge < -0.3 is 15.4 Å². The van der Waals surface area contributed by atoms with E-state index in [1.807, 2.05) is 22.9 Å². The predicted octanol–water partition coefficient (Wildman–Crippen LogP) is 0.308. The van der Waals surface area contributed by atoms with Crippen LogP contribution in [-0.4, -0.2) is 43.6 Å². The van der Waals surface area contributed by atoms with Gasteiger partial charge in [-0.2, -0.15) is 0 Å². The molecule has 0 spiro atoms. The number of ether oxygens (including phenoxy) is 1. The van der Waals surface area contributed by atoms with Crippen molar-refractivity contribution in [3.05, 3.63) is 18.2 Å². The maximum atomic E-state index is 12.1. The van der Waals surface area contributed by atoms with Crippen LogP contribution in [0.4, 0.5) is 11.4 Å². The molecule has 0 saturated carbocycles. The van der Waals surface area contributed by atoms with Gasteiger partial charge in [-0.25, -0.2) is 0 Å². The molecule has 0 aromatic heterocycles. The standard InChI is InChI=1S/C12H15N3O2/c1-14-5-9-7-17-11-4-8(13)2-3-10(11)15(9)12(16)6-14/h2-4,9H,5-7,13H2,1H3/t9-/m1/s1. The Bertz CT molecular complexity index is 475. The predicted molar refractivity (Wildman–Crippen MR) is 65.1 cm³/mol. The van der Waals surface area contributed by atoms with E-state index in [2.05, 4.69) is 0 Å². The van der Waals surface area contributed by atoms with E-state index in [0.717, 1.165) is 12.2 Å². The number of fused-ring (bicyclic) bond motifs is 3. The smallest absolute Gasteiger partial charge is 0.241 e. The third-order valence-corrected chi connectivity index (χ3v) is 3.24. The van der Waals surface area contributed by atoms with E-state index in [1.165, 1.54) is 0 Å². The highest BCUT2D eigenvalue weighted by Crippen LogP contribution is 2.36. The molecular formula is C12H15N3O2. The van der Waals surface area contributed by atoms with Crippen LogP contribution in [0.15, 0.2) is 18.2 Å². The van der Waals surface area contributed by atoms with Crippen molar-refractivity contribution in [2.24, 2.45) is 0 Å². The maximum Gasteiger partial charge on any atom is 0.241 e. The molecular weight excluding hydrogens is 218 g/mol. The second kappa shape index (κ2) is 3.63. The lowest BCUT2D eigenvalue weighted by atomic mass is 10.1. The zero-order valence-electron chi connectivity index (χ0n) is 9.72. The molecule has 90 valence electrons. The number of hydrogen-bond acceptors (Lipinski definition) is 4. The lowest BCUT2D eigenvalue weighted by Gasteiger charge is -2.42. The Labute approximate surface area is 99.7 Å². The number of amides is 1. The molecule has 1 aromatic rings. The lowest BCUT2D eigenvalue weighted by molar-refractivity contribution is -0.122. The van der Waals surface area contributed by atoms with Gasteiger partial charge >= 0.3 is 0 Å². The van der Waals surface area contributed by atoms with Crippen LogP contribution in [0.1, 0.15) is 0 Å². The highest BCUT2D eigenvalue weighted by molar-refractivity contribution is 5.98. The molecule has 0 radical (unpaired) electrons. The second-order valence-corrected chi connectivity index (χ2v) is 4.65. The zero-order chi connectivity index (χ0) is 12.0. The normalized spacial score (nSPS) is 23.9. The molecule has 1 saturated heterocycles. The summed E-state index contributed by atoms with van der Waals surface area (Å²) in [7, 11) is 1.95. The molecule has 1 atom stereocenters. The number of rotatable bonds is 0. The van der Waals surface area contributed by atoms with Gasteiger partial charge in [0.05, 0.1) is 18.3 Å². The number of benzene rings is 1. The van der Waals surface area contributed by atoms with Crippen LogP contribution in [0, 0.1) is 0 Å². The minimum atomic E-state index is 0.109. The highest BCUT2D eigenvalue weighted by Gasteiger charge is 2.36. The van der Waals surface area contributed by atoms with Crippen molar-refractivity contribution in [1.29, 1.82) is 0 Å². The molecule has 2 aliphatic heterocycles. The minimum Gasteiger partial charge on any atom is -0.489 e. The Morgan fingerprint density at radius 3 is 3.12 bits per heavy atom. The number of nitrogens with two attached hydrogens (primary N) is 1. The number of nitrogen functional groups attached to an aromatic ring is 1. The summed E-state index contributed by atoms with van der Waals surface area (Å²) in [5.41, 5.74) is 7.21. The number of nitrogens with zero attached hydrogens (tertiary/aromatic N) is 2. The summed E-state index contributed by atoms with van der Waals surface area (Å²) in [5.74, 6) is 0.831. The molecule has 17 heavy (non-hydrogen) atoms. The Kier molecular flexibility index (Phi) is 2.22. The van der Waals surface area contributed by atoms with Crippen LogP contribution in [0.5, 0.6) is 5.75 Å². The fourth-order valence-corrected chi connectivity index (χ4v) is 2.51. The van der Waals surface area contributed by atoms with Gasteiger partial charge in [-0.3, -0.25) is 9.69 Å². The third-order valence-electron chi connectivity index (χ3n) is 3.24. The second-order valence-electron chi connectivity index (χ2n) is 4.65. The average molecular weight is 233 g/mol. The molecule has 1 amide bonds. The molecule has 5 heteroatoms. The van der Waals surface area contributed by atoms with Gasteiger partial charge in [-0.1, -0.05) is 0 Å². The summed E-state index contributed by atoms with van der Waals surface area (Å²) in [6.07, 6.45) is 0. The molecule has 3 rings (SSSR count). The van der Waals surface area contributed by atoms with E-state index in [-0.39, 0.29) is 11.9 Å². The average Bonchev–Trinajstić information content (AvgIpc) is 2.28. The number of carbonyl (C=O) groups is 1. The van der Waals surface area contributed by atoms with Gasteiger partial charge in [0, 0.05) is 18.3 Å². The van der Waals surface area contributed by atoms with Gasteiger partial charge in [-0.15, -0.1) is 0 Å². The SMILES string of the molecule is CN1CC(=O)N2c3ccc(N)cc3OC[C@H]2C1. The quantitative estimate of drug-likeness (QED) is 0.655. The van der Waals surface area contributed by atoms with E-state index in [1.54, 1.807) is 12.1 Å². The van der Waals surface area contributed by atoms with Crippen molar-refractivity contribution in [2.75, 3.05) is 37.4 Å². The summed E-state index contributed by atoms with van der Waals surface area (Å²) in [4.78, 5) is 16.0. The maximum absolute atomic E-state index is 12.1. The van der Waals surface area contributed by atoms with Gasteiger partial charge in [0.1, 0.15) is 12.4 Å². The van der Waals surface area contributed by atoms with Crippen LogP contribution in [0.25, 0.3) is 0 Å². The van der Waals surface area contributed by atoms with Crippen molar-refractivity contribution in [2.45, 2.75) is 6.04 Å². The summed E-state index contributed by atoms with van der Waals surface area (Å²) >= 11 is 0. The van der Waals surface area contributed by atoms with Gasteiger partial charge in [0.25, 0.3) is 0 Å². The van der Waals surface area contributed by atoms with Crippen molar-refractivity contribution in [3.8, 4) is 5.75 Å². The van der Waals surface area contributed by atoms with Crippen LogP contribution < -0.4 is 15.4 Å². The Balaban J connectivity index is 2.02. The third kappa shape index (κ3) is 1.63. The first kappa shape index (κ1) is 10.4. The molecule has 0 unspecified atom stereocenters. The van der Waals surface area contributed by atoms with Gasteiger partial charge in [-0.05, 0) is 19.2 Å². The Morgan fingerprint density at radius 1 is 1.47 bits per heavy atom. The molecule has 5 nitrogen and oxygen atoms in total. The first-order valence-corrected chi connectivity index (χ1v) is 5.68. The molecule has 0 bridgehead atoms. The number of anilines is 2. The van der Waals surface area contributed by atoms with Crippen LogP contribution >= 0.6 is 0 Å². The molecule has 1 fully saturated rings. The fraction of sp³-hybridized carbons (Fsp3) is 0.417. The molecule has 2 aliphatic rings. The van der Waals surface area contributed by atoms with Crippen LogP contribution in [-0.2, 0) is 4.79 Å². The van der Waals surface area contributed by atoms with Crippen molar-refractivity contribution in [3.63, 3.8) is 0 Å². The first-order valence-electron chi connectivity index (χ1n) is 5.68. The monoisotopic (exact) mass is 233 g/mol. The number of carbonyl (C=O) groups excluding carboxylic acids is 1. The number of piperazine rings is 1. The van der Waals surface area contributed by atoms with E-state index in [9.17, 15) is 4.79 Å². The van der Waals surface area contributed by atoms with E-state index in [0.29, 0.717) is 24.6 Å². The van der Waals surface area contributed by atoms with Crippen molar-refractivity contribution >= 4 is 17.3 Å². The summed E-state index contributed by atoms with van der Waals surface area (Å²) in [5, 5.41) is 0. The van der Waals surface area contributed by atoms with Crippen LogP contribution in [0.3, 0.4) is 0 Å². The highest BCUT2D eigenvalue weighted by atomic mass is 16.5. The Morgan fingerprint density at radius 2 is 2.29 bits per heavy atom. The summed E-state index contributed by atoms with van der Waals surface area (Å²) < 4.78 is 5.67. The van der Waals surface area contributed by atoms with Crippen molar-refractivity contribution in [1.82, 2.24) is 4.90 Å². The molecule has 0 aliphatic carbocycles. The van der Waals surface area contributed by atoms with E-state index in [4.69, 9.17) is 10.5 Å². The topological polar surface area (TPSA) is 58.8 Å².